The molecule has 0 heterocycles. The molecule has 0 aliphatic rings. The maximum Gasteiger partial charge on any atom is 0.242 e. The number of carbonyl (C=O) groups is 2. The zero-order valence-electron chi connectivity index (χ0n) is 10.2. The van der Waals surface area contributed by atoms with Gasteiger partial charge in [0.1, 0.15) is 6.04 Å². The van der Waals surface area contributed by atoms with Crippen molar-refractivity contribution in [3.63, 3.8) is 0 Å². The molecule has 94 valence electrons. The van der Waals surface area contributed by atoms with E-state index in [0.29, 0.717) is 31.2 Å². The summed E-state index contributed by atoms with van der Waals surface area (Å²) in [6, 6.07) is -0.485. The minimum absolute atomic E-state index is 0.132. The highest BCUT2D eigenvalue weighted by atomic mass is 35.5. The van der Waals surface area contributed by atoms with E-state index in [1.807, 2.05) is 13.8 Å². The number of nitrogens with one attached hydrogen (secondary N) is 2. The minimum atomic E-state index is -0.485. The molecule has 5 heteroatoms. The summed E-state index contributed by atoms with van der Waals surface area (Å²) >= 11 is 5.47. The summed E-state index contributed by atoms with van der Waals surface area (Å²) in [5, 5.41) is 5.39. The number of rotatable bonds is 7. The van der Waals surface area contributed by atoms with Crippen molar-refractivity contribution in [2.45, 2.75) is 39.7 Å². The van der Waals surface area contributed by atoms with Crippen LogP contribution in [0, 0.1) is 5.92 Å². The minimum Gasteiger partial charge on any atom is -0.354 e. The molecule has 2 amide bonds. The first-order chi connectivity index (χ1) is 7.47. The van der Waals surface area contributed by atoms with Crippen molar-refractivity contribution in [1.82, 2.24) is 10.6 Å². The summed E-state index contributed by atoms with van der Waals surface area (Å²) < 4.78 is 0. The van der Waals surface area contributed by atoms with E-state index >= 15 is 0 Å². The van der Waals surface area contributed by atoms with Crippen LogP contribution in [0.4, 0.5) is 0 Å². The molecular formula is C11H21ClN2O2. The largest absolute Gasteiger partial charge is 0.354 e. The standard InChI is InChI=1S/C11H21ClN2O2/c1-8(2)7-13-11(16)9(3)14-10(15)5-4-6-12/h8-9H,4-7H2,1-3H3,(H,13,16)(H,14,15). The number of hydrogen-bond acceptors (Lipinski definition) is 2. The van der Waals surface area contributed by atoms with Crippen molar-refractivity contribution < 1.29 is 9.59 Å². The maximum absolute atomic E-state index is 11.5. The summed E-state index contributed by atoms with van der Waals surface area (Å²) in [4.78, 5) is 22.8. The molecule has 16 heavy (non-hydrogen) atoms. The summed E-state index contributed by atoms with van der Waals surface area (Å²) in [5.74, 6) is 0.588. The summed E-state index contributed by atoms with van der Waals surface area (Å²) in [6.45, 7) is 6.34. The molecule has 0 bridgehead atoms. The Morgan fingerprint density at radius 3 is 2.38 bits per heavy atom. The molecule has 0 saturated carbocycles. The van der Waals surface area contributed by atoms with Gasteiger partial charge in [0, 0.05) is 18.8 Å². The van der Waals surface area contributed by atoms with Crippen molar-refractivity contribution in [2.75, 3.05) is 12.4 Å². The molecule has 1 atom stereocenters. The fraction of sp³-hybridized carbons (Fsp3) is 0.818. The number of alkyl halides is 1. The van der Waals surface area contributed by atoms with Crippen LogP contribution < -0.4 is 10.6 Å². The zero-order chi connectivity index (χ0) is 12.6. The topological polar surface area (TPSA) is 58.2 Å². The summed E-state index contributed by atoms with van der Waals surface area (Å²) in [6.07, 6.45) is 0.999. The molecule has 1 unspecified atom stereocenters. The molecule has 0 radical (unpaired) electrons. The predicted molar refractivity (Wildman–Crippen MR) is 65.4 cm³/mol. The molecule has 4 nitrogen and oxygen atoms in total. The van der Waals surface area contributed by atoms with Crippen molar-refractivity contribution in [2.24, 2.45) is 5.92 Å². The summed E-state index contributed by atoms with van der Waals surface area (Å²) in [7, 11) is 0. The van der Waals surface area contributed by atoms with Gasteiger partial charge in [-0.25, -0.2) is 0 Å². The van der Waals surface area contributed by atoms with Gasteiger partial charge in [-0.1, -0.05) is 13.8 Å². The fourth-order valence-electron chi connectivity index (χ4n) is 1.06. The third kappa shape index (κ3) is 7.51. The second-order valence-corrected chi connectivity index (χ2v) is 4.60. The van der Waals surface area contributed by atoms with Crippen LogP contribution in [0.3, 0.4) is 0 Å². The Balaban J connectivity index is 3.81. The Bertz CT molecular complexity index is 232. The van der Waals surface area contributed by atoms with Crippen LogP contribution in [0.15, 0.2) is 0 Å². The van der Waals surface area contributed by atoms with E-state index in [0.717, 1.165) is 0 Å². The second-order valence-electron chi connectivity index (χ2n) is 4.22. The van der Waals surface area contributed by atoms with E-state index in [1.165, 1.54) is 0 Å². The van der Waals surface area contributed by atoms with Crippen LogP contribution in [0.1, 0.15) is 33.6 Å². The predicted octanol–water partition coefficient (Wildman–Crippen LogP) is 1.28. The molecule has 0 spiro atoms. The van der Waals surface area contributed by atoms with Crippen molar-refractivity contribution in [1.29, 1.82) is 0 Å². The van der Waals surface area contributed by atoms with E-state index in [2.05, 4.69) is 10.6 Å². The van der Waals surface area contributed by atoms with Crippen LogP contribution in [-0.4, -0.2) is 30.3 Å². The normalized spacial score (nSPS) is 12.3. The third-order valence-corrected chi connectivity index (χ3v) is 2.26. The Morgan fingerprint density at radius 2 is 1.88 bits per heavy atom. The molecule has 0 saturated heterocycles. The summed E-state index contributed by atoms with van der Waals surface area (Å²) in [5.41, 5.74) is 0. The second kappa shape index (κ2) is 8.39. The number of halogens is 1. The van der Waals surface area contributed by atoms with Gasteiger partial charge < -0.3 is 10.6 Å². The average molecular weight is 249 g/mol. The Morgan fingerprint density at radius 1 is 1.25 bits per heavy atom. The lowest BCUT2D eigenvalue weighted by Crippen LogP contribution is -2.45. The highest BCUT2D eigenvalue weighted by Gasteiger charge is 2.14. The zero-order valence-corrected chi connectivity index (χ0v) is 10.9. The average Bonchev–Trinajstić information content (AvgIpc) is 2.22. The maximum atomic E-state index is 11.5. The molecular weight excluding hydrogens is 228 g/mol. The lowest BCUT2D eigenvalue weighted by atomic mass is 10.2. The van der Waals surface area contributed by atoms with Crippen molar-refractivity contribution in [3.8, 4) is 0 Å². The lowest BCUT2D eigenvalue weighted by molar-refractivity contribution is -0.128. The quantitative estimate of drug-likeness (QED) is 0.667. The highest BCUT2D eigenvalue weighted by Crippen LogP contribution is 1.94. The first-order valence-electron chi connectivity index (χ1n) is 5.60. The highest BCUT2D eigenvalue weighted by molar-refractivity contribution is 6.17. The SMILES string of the molecule is CC(C)CNC(=O)C(C)NC(=O)CCCCl. The van der Waals surface area contributed by atoms with Crippen LogP contribution in [-0.2, 0) is 9.59 Å². The molecule has 2 N–H and O–H groups in total. The molecule has 0 rings (SSSR count). The molecule has 0 aliphatic carbocycles. The van der Waals surface area contributed by atoms with E-state index < -0.39 is 6.04 Å². The number of carbonyl (C=O) groups excluding carboxylic acids is 2. The van der Waals surface area contributed by atoms with Gasteiger partial charge in [0.15, 0.2) is 0 Å². The first-order valence-corrected chi connectivity index (χ1v) is 6.13. The molecule has 0 aromatic rings. The van der Waals surface area contributed by atoms with E-state index in [-0.39, 0.29) is 11.8 Å². The first kappa shape index (κ1) is 15.2. The Hall–Kier alpha value is -0.770. The smallest absolute Gasteiger partial charge is 0.242 e. The van der Waals surface area contributed by atoms with Crippen LogP contribution in [0.2, 0.25) is 0 Å². The van der Waals surface area contributed by atoms with Gasteiger partial charge in [-0.05, 0) is 19.3 Å². The van der Waals surface area contributed by atoms with Gasteiger partial charge in [0.25, 0.3) is 0 Å². The van der Waals surface area contributed by atoms with Crippen molar-refractivity contribution in [3.05, 3.63) is 0 Å². The van der Waals surface area contributed by atoms with Gasteiger partial charge in [-0.3, -0.25) is 9.59 Å². The molecule has 0 fully saturated rings. The van der Waals surface area contributed by atoms with Gasteiger partial charge >= 0.3 is 0 Å². The van der Waals surface area contributed by atoms with Gasteiger partial charge in [0.05, 0.1) is 0 Å². The van der Waals surface area contributed by atoms with Crippen LogP contribution >= 0.6 is 11.6 Å². The molecule has 0 aromatic heterocycles. The van der Waals surface area contributed by atoms with Gasteiger partial charge in [-0.15, -0.1) is 11.6 Å². The monoisotopic (exact) mass is 248 g/mol. The number of amides is 2. The Labute approximate surface area is 102 Å². The lowest BCUT2D eigenvalue weighted by Gasteiger charge is -2.14. The van der Waals surface area contributed by atoms with Crippen LogP contribution in [0.5, 0.6) is 0 Å². The van der Waals surface area contributed by atoms with E-state index in [9.17, 15) is 9.59 Å². The van der Waals surface area contributed by atoms with Gasteiger partial charge in [-0.2, -0.15) is 0 Å². The fourth-order valence-corrected chi connectivity index (χ4v) is 1.20. The third-order valence-electron chi connectivity index (χ3n) is 1.99. The van der Waals surface area contributed by atoms with Crippen molar-refractivity contribution >= 4 is 23.4 Å². The Kier molecular flexibility index (Phi) is 7.99. The molecule has 0 aromatic carbocycles. The van der Waals surface area contributed by atoms with E-state index in [1.54, 1.807) is 6.92 Å². The van der Waals surface area contributed by atoms with E-state index in [4.69, 9.17) is 11.6 Å². The van der Waals surface area contributed by atoms with Gasteiger partial charge in [0.2, 0.25) is 11.8 Å². The van der Waals surface area contributed by atoms with Crippen LogP contribution in [0.25, 0.3) is 0 Å². The number of hydrogen-bond donors (Lipinski definition) is 2. The molecule has 0 aliphatic heterocycles.